The van der Waals surface area contributed by atoms with Crippen molar-refractivity contribution >= 4 is 23.2 Å². The summed E-state index contributed by atoms with van der Waals surface area (Å²) in [6.45, 7) is 0. The molecule has 0 aliphatic heterocycles. The number of ether oxygens (including phenoxy) is 1. The van der Waals surface area contributed by atoms with E-state index in [2.05, 4.69) is 15.0 Å². The number of aromatic amines is 1. The number of pyridine rings is 1. The van der Waals surface area contributed by atoms with E-state index in [1.54, 1.807) is 30.3 Å². The van der Waals surface area contributed by atoms with Crippen LogP contribution in [-0.4, -0.2) is 17.3 Å². The van der Waals surface area contributed by atoms with Gasteiger partial charge in [0.1, 0.15) is 11.3 Å². The average molecular weight is 409 g/mol. The molecule has 0 saturated heterocycles. The summed E-state index contributed by atoms with van der Waals surface area (Å²) in [5.41, 5.74) is 0.677. The van der Waals surface area contributed by atoms with E-state index in [0.717, 1.165) is 12.1 Å². The second-order valence-corrected chi connectivity index (χ2v) is 6.08. The molecule has 2 N–H and O–H groups in total. The summed E-state index contributed by atoms with van der Waals surface area (Å²) in [4.78, 5) is 27.1. The highest BCUT2D eigenvalue weighted by Crippen LogP contribution is 2.24. The highest BCUT2D eigenvalue weighted by atomic mass is 35.5. The summed E-state index contributed by atoms with van der Waals surface area (Å²) in [7, 11) is 0. The van der Waals surface area contributed by atoms with Crippen molar-refractivity contribution in [2.24, 2.45) is 0 Å². The van der Waals surface area contributed by atoms with E-state index in [0.29, 0.717) is 16.3 Å². The van der Waals surface area contributed by atoms with Crippen molar-refractivity contribution in [2.75, 3.05) is 5.32 Å². The SMILES string of the molecule is O=C(Nc1ccc(OC(F)(F)F)cc1)c1ccc(-c2ccc(Cl)cc2)[nH]c1=O. The highest BCUT2D eigenvalue weighted by molar-refractivity contribution is 6.30. The molecule has 3 rings (SSSR count). The van der Waals surface area contributed by atoms with Gasteiger partial charge in [-0.1, -0.05) is 23.7 Å². The molecule has 5 nitrogen and oxygen atoms in total. The lowest BCUT2D eigenvalue weighted by atomic mass is 10.1. The minimum absolute atomic E-state index is 0.145. The first-order valence-corrected chi connectivity index (χ1v) is 8.25. The molecular weight excluding hydrogens is 397 g/mol. The van der Waals surface area contributed by atoms with Crippen LogP contribution >= 0.6 is 11.6 Å². The van der Waals surface area contributed by atoms with Crippen LogP contribution in [0.15, 0.2) is 65.5 Å². The van der Waals surface area contributed by atoms with Crippen LogP contribution in [0.3, 0.4) is 0 Å². The van der Waals surface area contributed by atoms with Crippen LogP contribution in [0, 0.1) is 0 Å². The van der Waals surface area contributed by atoms with Crippen LogP contribution in [0.4, 0.5) is 18.9 Å². The minimum atomic E-state index is -4.80. The number of aromatic nitrogens is 1. The Hall–Kier alpha value is -3.26. The number of hydrogen-bond donors (Lipinski definition) is 2. The lowest BCUT2D eigenvalue weighted by molar-refractivity contribution is -0.274. The predicted molar refractivity (Wildman–Crippen MR) is 98.6 cm³/mol. The second-order valence-electron chi connectivity index (χ2n) is 5.65. The molecule has 3 aromatic rings. The van der Waals surface area contributed by atoms with Crippen LogP contribution < -0.4 is 15.6 Å². The molecule has 0 fully saturated rings. The molecule has 144 valence electrons. The number of rotatable bonds is 4. The third kappa shape index (κ3) is 4.92. The molecule has 9 heteroatoms. The molecule has 0 unspecified atom stereocenters. The molecule has 0 aliphatic carbocycles. The van der Waals surface area contributed by atoms with Gasteiger partial charge < -0.3 is 15.0 Å². The quantitative estimate of drug-likeness (QED) is 0.648. The van der Waals surface area contributed by atoms with Crippen molar-refractivity contribution < 1.29 is 22.7 Å². The Morgan fingerprint density at radius 1 is 0.964 bits per heavy atom. The van der Waals surface area contributed by atoms with Gasteiger partial charge >= 0.3 is 6.36 Å². The van der Waals surface area contributed by atoms with E-state index in [1.807, 2.05) is 0 Å². The largest absolute Gasteiger partial charge is 0.573 e. The molecule has 2 aromatic carbocycles. The minimum Gasteiger partial charge on any atom is -0.406 e. The lowest BCUT2D eigenvalue weighted by Gasteiger charge is -2.10. The monoisotopic (exact) mass is 408 g/mol. The van der Waals surface area contributed by atoms with Gasteiger partial charge in [-0.25, -0.2) is 0 Å². The zero-order valence-corrected chi connectivity index (χ0v) is 14.8. The number of H-pyrrole nitrogens is 1. The number of alkyl halides is 3. The van der Waals surface area contributed by atoms with Gasteiger partial charge in [0.05, 0.1) is 0 Å². The molecule has 1 aromatic heterocycles. The Bertz CT molecular complexity index is 1050. The summed E-state index contributed by atoms with van der Waals surface area (Å²) in [6.07, 6.45) is -4.80. The summed E-state index contributed by atoms with van der Waals surface area (Å²) in [5.74, 6) is -1.12. The van der Waals surface area contributed by atoms with Gasteiger partial charge in [0.15, 0.2) is 0 Å². The smallest absolute Gasteiger partial charge is 0.406 e. The van der Waals surface area contributed by atoms with Crippen molar-refractivity contribution in [1.29, 1.82) is 0 Å². The van der Waals surface area contributed by atoms with Crippen molar-refractivity contribution in [3.05, 3.63) is 81.6 Å². The molecule has 0 spiro atoms. The van der Waals surface area contributed by atoms with Gasteiger partial charge in [0.25, 0.3) is 11.5 Å². The van der Waals surface area contributed by atoms with Gasteiger partial charge in [0, 0.05) is 16.4 Å². The average Bonchev–Trinajstić information content (AvgIpc) is 2.62. The molecule has 0 aliphatic rings. The lowest BCUT2D eigenvalue weighted by Crippen LogP contribution is -2.23. The first-order valence-electron chi connectivity index (χ1n) is 7.88. The maximum atomic E-state index is 12.3. The number of benzene rings is 2. The van der Waals surface area contributed by atoms with E-state index < -0.39 is 23.6 Å². The number of carbonyl (C=O) groups excluding carboxylic acids is 1. The van der Waals surface area contributed by atoms with Gasteiger partial charge in [-0.05, 0) is 54.1 Å². The number of carbonyl (C=O) groups is 1. The summed E-state index contributed by atoms with van der Waals surface area (Å²) in [6, 6.07) is 14.3. The highest BCUT2D eigenvalue weighted by Gasteiger charge is 2.31. The maximum Gasteiger partial charge on any atom is 0.573 e. The van der Waals surface area contributed by atoms with Crippen LogP contribution in [0.25, 0.3) is 11.3 Å². The molecule has 28 heavy (non-hydrogen) atoms. The summed E-state index contributed by atoms with van der Waals surface area (Å²) >= 11 is 5.83. The van der Waals surface area contributed by atoms with E-state index in [9.17, 15) is 22.8 Å². The first kappa shape index (κ1) is 19.5. The van der Waals surface area contributed by atoms with Crippen LogP contribution in [0.2, 0.25) is 5.02 Å². The van der Waals surface area contributed by atoms with E-state index in [1.165, 1.54) is 18.2 Å². The number of hydrogen-bond acceptors (Lipinski definition) is 3. The number of amides is 1. The first-order chi connectivity index (χ1) is 13.2. The van der Waals surface area contributed by atoms with Gasteiger partial charge in [-0.2, -0.15) is 0 Å². The Balaban J connectivity index is 1.74. The normalized spacial score (nSPS) is 11.1. The van der Waals surface area contributed by atoms with Crippen molar-refractivity contribution in [2.45, 2.75) is 6.36 Å². The molecule has 1 amide bonds. The molecule has 0 saturated carbocycles. The standard InChI is InChI=1S/C19H12ClF3N2O3/c20-12-3-1-11(2-4-12)16-10-9-15(18(27)25-16)17(26)24-13-5-7-14(8-6-13)28-19(21,22)23/h1-10H,(H,24,26)(H,25,27). The van der Waals surface area contributed by atoms with Crippen LogP contribution in [-0.2, 0) is 0 Å². The molecule has 1 heterocycles. The molecule has 0 atom stereocenters. The zero-order valence-electron chi connectivity index (χ0n) is 14.0. The van der Waals surface area contributed by atoms with E-state index in [-0.39, 0.29) is 11.3 Å². The Kier molecular flexibility index (Phi) is 5.41. The van der Waals surface area contributed by atoms with Crippen molar-refractivity contribution in [3.8, 4) is 17.0 Å². The van der Waals surface area contributed by atoms with Crippen molar-refractivity contribution in [3.63, 3.8) is 0 Å². The fraction of sp³-hybridized carbons (Fsp3) is 0.0526. The van der Waals surface area contributed by atoms with E-state index in [4.69, 9.17) is 11.6 Å². The van der Waals surface area contributed by atoms with Gasteiger partial charge in [0.2, 0.25) is 0 Å². The summed E-state index contributed by atoms with van der Waals surface area (Å²) in [5, 5.41) is 2.99. The van der Waals surface area contributed by atoms with E-state index >= 15 is 0 Å². The Morgan fingerprint density at radius 2 is 1.61 bits per heavy atom. The van der Waals surface area contributed by atoms with Crippen molar-refractivity contribution in [1.82, 2.24) is 4.98 Å². The molecule has 0 radical (unpaired) electrons. The van der Waals surface area contributed by atoms with Crippen LogP contribution in [0.5, 0.6) is 5.75 Å². The Labute approximate surface area is 161 Å². The van der Waals surface area contributed by atoms with Crippen LogP contribution in [0.1, 0.15) is 10.4 Å². The molecule has 0 bridgehead atoms. The van der Waals surface area contributed by atoms with Gasteiger partial charge in [-0.3, -0.25) is 9.59 Å². The summed E-state index contributed by atoms with van der Waals surface area (Å²) < 4.78 is 40.2. The number of halogens is 4. The number of anilines is 1. The third-order valence-electron chi connectivity index (χ3n) is 3.66. The van der Waals surface area contributed by atoms with Gasteiger partial charge in [-0.15, -0.1) is 13.2 Å². The third-order valence-corrected chi connectivity index (χ3v) is 3.91. The number of nitrogens with one attached hydrogen (secondary N) is 2. The fourth-order valence-electron chi connectivity index (χ4n) is 2.39. The maximum absolute atomic E-state index is 12.3. The topological polar surface area (TPSA) is 71.2 Å². The zero-order chi connectivity index (χ0) is 20.3. The second kappa shape index (κ2) is 7.77. The Morgan fingerprint density at radius 3 is 2.18 bits per heavy atom. The molecular formula is C19H12ClF3N2O3. The predicted octanol–water partition coefficient (Wildman–Crippen LogP) is 4.85. The fourth-order valence-corrected chi connectivity index (χ4v) is 2.51.